The number of ether oxygens (including phenoxy) is 2. The molecule has 44 heavy (non-hydrogen) atoms. The lowest BCUT2D eigenvalue weighted by Crippen LogP contribution is -2.36. The Morgan fingerprint density at radius 1 is 1.09 bits per heavy atom. The molecule has 1 saturated heterocycles. The maximum absolute atomic E-state index is 13.4. The highest BCUT2D eigenvalue weighted by molar-refractivity contribution is 5.95. The minimum absolute atomic E-state index is 0.0419. The Morgan fingerprint density at radius 3 is 2.75 bits per heavy atom. The fourth-order valence-corrected chi connectivity index (χ4v) is 4.78. The summed E-state index contributed by atoms with van der Waals surface area (Å²) in [5, 5.41) is 22.0. The lowest BCUT2D eigenvalue weighted by molar-refractivity contribution is -0.179. The van der Waals surface area contributed by atoms with Gasteiger partial charge in [0.1, 0.15) is 12.3 Å². The quantitative estimate of drug-likeness (QED) is 0.129. The van der Waals surface area contributed by atoms with E-state index in [4.69, 9.17) is 29.6 Å². The monoisotopic (exact) mass is 599 g/mol. The van der Waals surface area contributed by atoms with Gasteiger partial charge in [0, 0.05) is 19.6 Å². The number of nitrogens with two attached hydrogens (primary N) is 1. The molecule has 226 valence electrons. The normalized spacial score (nSPS) is 13.8. The summed E-state index contributed by atoms with van der Waals surface area (Å²) >= 11 is 0. The highest BCUT2D eigenvalue weighted by atomic mass is 17.2. The third kappa shape index (κ3) is 6.34. The average molecular weight is 600 g/mol. The molecular weight excluding hydrogens is 570 g/mol. The largest absolute Gasteiger partial charge is 0.485 e. The van der Waals surface area contributed by atoms with E-state index in [0.717, 1.165) is 16.3 Å². The lowest BCUT2D eigenvalue weighted by Gasteiger charge is -2.25. The molecule has 6 rings (SSSR count). The molecule has 0 unspecified atom stereocenters. The zero-order chi connectivity index (χ0) is 30.3. The van der Waals surface area contributed by atoms with Crippen molar-refractivity contribution in [1.29, 1.82) is 0 Å². The van der Waals surface area contributed by atoms with Crippen LogP contribution in [-0.2, 0) is 22.8 Å². The van der Waals surface area contributed by atoms with Crippen LogP contribution in [0.15, 0.2) is 70.4 Å². The second-order valence-electron chi connectivity index (χ2n) is 9.74. The van der Waals surface area contributed by atoms with Crippen LogP contribution in [0.3, 0.4) is 0 Å². The smallest absolute Gasteiger partial charge is 0.292 e. The summed E-state index contributed by atoms with van der Waals surface area (Å²) in [6.45, 7) is 3.23. The second-order valence-corrected chi connectivity index (χ2v) is 9.74. The standard InChI is InChI=1S/C29H29N9O6/c1-40-43-25-15-19(9-10-24(25)42-18-21-7-4-6-20-5-2-3-8-22(20)21)16-31-33-29(39)26-23(17-37-11-13-41-14-12-37)32-36-38(26)28-27(30)34-44-35-28/h2-10,15-16H,11-14,17-18H2,1H3,(H2,30,34)(H,33,39)/b31-16+. The molecule has 3 N–H and O–H groups in total. The molecule has 0 bridgehead atoms. The van der Waals surface area contributed by atoms with Crippen LogP contribution in [0.25, 0.3) is 16.6 Å². The summed E-state index contributed by atoms with van der Waals surface area (Å²) in [7, 11) is 1.40. The molecule has 3 aromatic carbocycles. The van der Waals surface area contributed by atoms with Crippen molar-refractivity contribution in [3.05, 3.63) is 83.2 Å². The van der Waals surface area contributed by atoms with Crippen molar-refractivity contribution in [2.45, 2.75) is 13.2 Å². The number of aromatic nitrogens is 5. The highest BCUT2D eigenvalue weighted by Gasteiger charge is 2.26. The molecule has 15 nitrogen and oxygen atoms in total. The number of morpholine rings is 1. The number of carbonyl (C=O) groups excluding carboxylic acids is 1. The zero-order valence-electron chi connectivity index (χ0n) is 23.8. The first-order valence-corrected chi connectivity index (χ1v) is 13.7. The summed E-state index contributed by atoms with van der Waals surface area (Å²) in [5.74, 6) is 0.231. The molecule has 2 aromatic heterocycles. The molecule has 1 aliphatic heterocycles. The topological polar surface area (TPSA) is 177 Å². The van der Waals surface area contributed by atoms with E-state index >= 15 is 0 Å². The molecule has 0 atom stereocenters. The fraction of sp³-hybridized carbons (Fsp3) is 0.241. The van der Waals surface area contributed by atoms with Crippen molar-refractivity contribution in [3.63, 3.8) is 0 Å². The predicted molar refractivity (Wildman–Crippen MR) is 157 cm³/mol. The van der Waals surface area contributed by atoms with Crippen molar-refractivity contribution < 1.29 is 28.7 Å². The Kier molecular flexibility index (Phi) is 8.67. The number of nitrogens with one attached hydrogen (secondary N) is 1. The summed E-state index contributed by atoms with van der Waals surface area (Å²) in [5.41, 5.74) is 10.5. The van der Waals surface area contributed by atoms with Crippen LogP contribution in [0.5, 0.6) is 11.5 Å². The molecule has 1 fully saturated rings. The van der Waals surface area contributed by atoms with E-state index < -0.39 is 5.91 Å². The lowest BCUT2D eigenvalue weighted by atomic mass is 10.1. The van der Waals surface area contributed by atoms with Crippen LogP contribution < -0.4 is 20.8 Å². The molecule has 0 radical (unpaired) electrons. The van der Waals surface area contributed by atoms with Gasteiger partial charge in [0.25, 0.3) is 5.91 Å². The first kappa shape index (κ1) is 28.7. The van der Waals surface area contributed by atoms with Crippen LogP contribution in [0.4, 0.5) is 5.82 Å². The maximum atomic E-state index is 13.4. The number of hydrogen-bond acceptors (Lipinski definition) is 13. The number of carbonyl (C=O) groups is 1. The van der Waals surface area contributed by atoms with Crippen molar-refractivity contribution in [1.82, 2.24) is 35.6 Å². The summed E-state index contributed by atoms with van der Waals surface area (Å²) in [6.07, 6.45) is 1.46. The number of fused-ring (bicyclic) bond motifs is 1. The van der Waals surface area contributed by atoms with Gasteiger partial charge < -0.3 is 20.1 Å². The third-order valence-electron chi connectivity index (χ3n) is 6.91. The number of anilines is 1. The van der Waals surface area contributed by atoms with Crippen LogP contribution >= 0.6 is 0 Å². The van der Waals surface area contributed by atoms with Gasteiger partial charge in [-0.1, -0.05) is 47.7 Å². The van der Waals surface area contributed by atoms with Crippen molar-refractivity contribution in [3.8, 4) is 17.3 Å². The summed E-state index contributed by atoms with van der Waals surface area (Å²) in [4.78, 5) is 25.7. The first-order chi connectivity index (χ1) is 21.6. The van der Waals surface area contributed by atoms with Gasteiger partial charge in [-0.25, -0.2) is 10.1 Å². The molecule has 0 spiro atoms. The van der Waals surface area contributed by atoms with E-state index in [1.165, 1.54) is 18.0 Å². The number of benzene rings is 3. The summed E-state index contributed by atoms with van der Waals surface area (Å²) < 4.78 is 17.4. The predicted octanol–water partition coefficient (Wildman–Crippen LogP) is 2.50. The Hall–Kier alpha value is -5.38. The minimum Gasteiger partial charge on any atom is -0.485 e. The van der Waals surface area contributed by atoms with Crippen LogP contribution in [0.2, 0.25) is 0 Å². The van der Waals surface area contributed by atoms with E-state index in [1.54, 1.807) is 18.2 Å². The van der Waals surface area contributed by atoms with Gasteiger partial charge in [-0.3, -0.25) is 9.69 Å². The van der Waals surface area contributed by atoms with Crippen LogP contribution in [-0.4, -0.2) is 75.7 Å². The fourth-order valence-electron chi connectivity index (χ4n) is 4.78. The number of nitrogens with zero attached hydrogens (tertiary/aromatic N) is 7. The zero-order valence-corrected chi connectivity index (χ0v) is 23.8. The molecule has 0 aliphatic carbocycles. The van der Waals surface area contributed by atoms with Gasteiger partial charge in [0.05, 0.1) is 26.5 Å². The van der Waals surface area contributed by atoms with Gasteiger partial charge in [0.15, 0.2) is 11.4 Å². The van der Waals surface area contributed by atoms with Crippen LogP contribution in [0, 0.1) is 0 Å². The van der Waals surface area contributed by atoms with E-state index in [9.17, 15) is 4.79 Å². The molecule has 1 amide bonds. The SMILES string of the molecule is COOc1cc(/C=N/NC(=O)c2c(CN3CCOCC3)nnn2-c2nonc2N)ccc1OCc1cccc2ccccc12. The van der Waals surface area contributed by atoms with Crippen molar-refractivity contribution in [2.24, 2.45) is 5.10 Å². The molecule has 5 aromatic rings. The Morgan fingerprint density at radius 2 is 1.93 bits per heavy atom. The molecule has 1 aliphatic rings. The van der Waals surface area contributed by atoms with Gasteiger partial charge in [-0.05, 0) is 50.4 Å². The maximum Gasteiger partial charge on any atom is 0.292 e. The minimum atomic E-state index is -0.583. The highest BCUT2D eigenvalue weighted by Crippen LogP contribution is 2.30. The van der Waals surface area contributed by atoms with Crippen molar-refractivity contribution in [2.75, 3.05) is 39.1 Å². The Balaban J connectivity index is 1.18. The van der Waals surface area contributed by atoms with Gasteiger partial charge in [0.2, 0.25) is 17.4 Å². The number of rotatable bonds is 11. The van der Waals surface area contributed by atoms with E-state index in [2.05, 4.69) is 54.3 Å². The second kappa shape index (κ2) is 13.3. The van der Waals surface area contributed by atoms with E-state index in [-0.39, 0.29) is 17.3 Å². The summed E-state index contributed by atoms with van der Waals surface area (Å²) in [6, 6.07) is 19.4. The number of amides is 1. The molecule has 15 heteroatoms. The van der Waals surface area contributed by atoms with Crippen molar-refractivity contribution >= 4 is 28.7 Å². The van der Waals surface area contributed by atoms with E-state index in [1.807, 2.05) is 24.3 Å². The van der Waals surface area contributed by atoms with Gasteiger partial charge in [-0.15, -0.1) is 5.10 Å². The third-order valence-corrected chi connectivity index (χ3v) is 6.91. The molecule has 3 heterocycles. The first-order valence-electron chi connectivity index (χ1n) is 13.7. The van der Waals surface area contributed by atoms with Gasteiger partial charge >= 0.3 is 0 Å². The number of nitrogen functional groups attached to an aromatic ring is 1. The number of hydrazone groups is 1. The average Bonchev–Trinajstić information content (AvgIpc) is 3.66. The number of hydrogen-bond donors (Lipinski definition) is 2. The Bertz CT molecular complexity index is 1780. The van der Waals surface area contributed by atoms with Gasteiger partial charge in [-0.2, -0.15) is 14.7 Å². The molecule has 0 saturated carbocycles. The Labute approximate surface area is 251 Å². The van der Waals surface area contributed by atoms with Crippen LogP contribution in [0.1, 0.15) is 27.3 Å². The van der Waals surface area contributed by atoms with E-state index in [0.29, 0.717) is 62.2 Å². The molecular formula is C29H29N9O6.